The molecule has 6 nitrogen and oxygen atoms in total. The Kier molecular flexibility index (Phi) is 6.21. The summed E-state index contributed by atoms with van der Waals surface area (Å²) in [5.74, 6) is 0. The average Bonchev–Trinajstić information content (AvgIpc) is 2.56. The highest BCUT2D eigenvalue weighted by Gasteiger charge is 2.16. The van der Waals surface area contributed by atoms with Crippen LogP contribution in [0.2, 0.25) is 0 Å². The van der Waals surface area contributed by atoms with Crippen LogP contribution in [0.4, 0.5) is 10.5 Å². The van der Waals surface area contributed by atoms with Crippen molar-refractivity contribution in [2.45, 2.75) is 18.4 Å². The van der Waals surface area contributed by atoms with Gasteiger partial charge < -0.3 is 10.6 Å². The number of halogens is 1. The van der Waals surface area contributed by atoms with E-state index in [-0.39, 0.29) is 17.5 Å². The van der Waals surface area contributed by atoms with Gasteiger partial charge in [0.1, 0.15) is 0 Å². The van der Waals surface area contributed by atoms with Crippen LogP contribution >= 0.6 is 15.9 Å². The highest BCUT2D eigenvalue weighted by atomic mass is 79.9. The van der Waals surface area contributed by atoms with Gasteiger partial charge in [0.05, 0.1) is 10.6 Å². The zero-order valence-corrected chi connectivity index (χ0v) is 16.6. The van der Waals surface area contributed by atoms with Crippen LogP contribution in [0.25, 0.3) is 0 Å². The number of carbonyl (C=O) groups is 1. The van der Waals surface area contributed by atoms with Gasteiger partial charge in [-0.2, -0.15) is 0 Å². The molecule has 2 N–H and O–H groups in total. The van der Waals surface area contributed by atoms with Crippen molar-refractivity contribution in [2.75, 3.05) is 19.4 Å². The molecule has 0 saturated heterocycles. The average molecular weight is 426 g/mol. The Morgan fingerprint density at radius 3 is 2.32 bits per heavy atom. The third-order valence-electron chi connectivity index (χ3n) is 3.53. The Bertz CT molecular complexity index is 865. The first kappa shape index (κ1) is 19.4. The van der Waals surface area contributed by atoms with Crippen LogP contribution < -0.4 is 10.6 Å². The number of hydrogen-bond donors (Lipinski definition) is 2. The van der Waals surface area contributed by atoms with Gasteiger partial charge in [0.25, 0.3) is 0 Å². The molecule has 0 unspecified atom stereocenters. The standard InChI is InChI=1S/C17H20BrN3O3S/c1-12-4-9-16(15(18)10-12)20-17(22)19-11-13-5-7-14(8-6-13)25(23,24)21(2)3/h4-10H,11H2,1-3H3,(H2,19,20,22). The number of urea groups is 1. The topological polar surface area (TPSA) is 78.5 Å². The van der Waals surface area contributed by atoms with Crippen molar-refractivity contribution >= 4 is 37.7 Å². The molecule has 0 heterocycles. The summed E-state index contributed by atoms with van der Waals surface area (Å²) in [6, 6.07) is 11.7. The van der Waals surface area contributed by atoms with Crippen LogP contribution in [0, 0.1) is 6.92 Å². The lowest BCUT2D eigenvalue weighted by Crippen LogP contribution is -2.28. The molecule has 2 aromatic carbocycles. The maximum absolute atomic E-state index is 12.0. The van der Waals surface area contributed by atoms with Crippen LogP contribution in [0.5, 0.6) is 0 Å². The third-order valence-corrected chi connectivity index (χ3v) is 6.01. The summed E-state index contributed by atoms with van der Waals surface area (Å²) >= 11 is 3.41. The van der Waals surface area contributed by atoms with Gasteiger partial charge in [-0.25, -0.2) is 17.5 Å². The number of rotatable bonds is 5. The Morgan fingerprint density at radius 1 is 1.12 bits per heavy atom. The lowest BCUT2D eigenvalue weighted by atomic mass is 10.2. The summed E-state index contributed by atoms with van der Waals surface area (Å²) in [6.07, 6.45) is 0. The van der Waals surface area contributed by atoms with Crippen molar-refractivity contribution in [3.63, 3.8) is 0 Å². The number of nitrogens with one attached hydrogen (secondary N) is 2. The monoisotopic (exact) mass is 425 g/mol. The van der Waals surface area contributed by atoms with Crippen LogP contribution in [-0.4, -0.2) is 32.8 Å². The molecule has 2 amide bonds. The van der Waals surface area contributed by atoms with Gasteiger partial charge in [-0.15, -0.1) is 0 Å². The van der Waals surface area contributed by atoms with Crippen LogP contribution in [0.1, 0.15) is 11.1 Å². The highest BCUT2D eigenvalue weighted by molar-refractivity contribution is 9.10. The number of hydrogen-bond acceptors (Lipinski definition) is 3. The van der Waals surface area contributed by atoms with Crippen LogP contribution in [0.15, 0.2) is 51.8 Å². The first-order valence-corrected chi connectivity index (χ1v) is 9.76. The second-order valence-electron chi connectivity index (χ2n) is 5.72. The summed E-state index contributed by atoms with van der Waals surface area (Å²) in [7, 11) is -0.477. The van der Waals surface area contributed by atoms with E-state index in [1.165, 1.54) is 26.2 Å². The Morgan fingerprint density at radius 2 is 1.76 bits per heavy atom. The number of benzene rings is 2. The van der Waals surface area contributed by atoms with Crippen molar-refractivity contribution in [1.82, 2.24) is 9.62 Å². The van der Waals surface area contributed by atoms with Crippen LogP contribution in [0.3, 0.4) is 0 Å². The molecule has 25 heavy (non-hydrogen) atoms. The molecule has 0 aliphatic rings. The van der Waals surface area contributed by atoms with Crippen molar-refractivity contribution in [1.29, 1.82) is 0 Å². The quantitative estimate of drug-likeness (QED) is 0.770. The third kappa shape index (κ3) is 5.04. The van der Waals surface area contributed by atoms with E-state index < -0.39 is 10.0 Å². The molecule has 2 rings (SSSR count). The summed E-state index contributed by atoms with van der Waals surface area (Å²) in [6.45, 7) is 2.26. The molecule has 2 aromatic rings. The molecular formula is C17H20BrN3O3S. The minimum absolute atomic E-state index is 0.217. The second kappa shape index (κ2) is 7.99. The molecule has 0 aliphatic heterocycles. The number of nitrogens with zero attached hydrogens (tertiary/aromatic N) is 1. The summed E-state index contributed by atoms with van der Waals surface area (Å²) < 4.78 is 26.0. The zero-order chi connectivity index (χ0) is 18.6. The number of carbonyl (C=O) groups excluding carboxylic acids is 1. The van der Waals surface area contributed by atoms with Crippen molar-refractivity contribution in [3.8, 4) is 0 Å². The highest BCUT2D eigenvalue weighted by Crippen LogP contribution is 2.23. The van der Waals surface area contributed by atoms with Crippen molar-refractivity contribution in [3.05, 3.63) is 58.1 Å². The van der Waals surface area contributed by atoms with E-state index in [0.717, 1.165) is 19.9 Å². The van der Waals surface area contributed by atoms with E-state index >= 15 is 0 Å². The number of anilines is 1. The molecule has 0 radical (unpaired) electrons. The summed E-state index contributed by atoms with van der Waals surface area (Å²) in [5, 5.41) is 5.50. The first-order valence-electron chi connectivity index (χ1n) is 7.52. The van der Waals surface area contributed by atoms with Gasteiger partial charge in [-0.3, -0.25) is 0 Å². The van der Waals surface area contributed by atoms with Gasteiger partial charge in [0.15, 0.2) is 0 Å². The minimum Gasteiger partial charge on any atom is -0.334 e. The van der Waals surface area contributed by atoms with Gasteiger partial charge in [0, 0.05) is 25.1 Å². The normalized spacial score (nSPS) is 11.4. The Balaban J connectivity index is 1.96. The lowest BCUT2D eigenvalue weighted by Gasteiger charge is -2.12. The predicted octanol–water partition coefficient (Wildman–Crippen LogP) is 3.33. The fraction of sp³-hybridized carbons (Fsp3) is 0.235. The van der Waals surface area contributed by atoms with Crippen LogP contribution in [-0.2, 0) is 16.6 Å². The first-order chi connectivity index (χ1) is 11.7. The van der Waals surface area contributed by atoms with Gasteiger partial charge in [-0.05, 0) is 58.2 Å². The van der Waals surface area contributed by atoms with Gasteiger partial charge >= 0.3 is 6.03 Å². The Hall–Kier alpha value is -1.90. The van der Waals surface area contributed by atoms with Gasteiger partial charge in [-0.1, -0.05) is 18.2 Å². The zero-order valence-electron chi connectivity index (χ0n) is 14.2. The second-order valence-corrected chi connectivity index (χ2v) is 8.73. The molecule has 0 bridgehead atoms. The number of amides is 2. The minimum atomic E-state index is -3.45. The van der Waals surface area contributed by atoms with E-state index in [4.69, 9.17) is 0 Å². The molecule has 0 aliphatic carbocycles. The lowest BCUT2D eigenvalue weighted by molar-refractivity contribution is 0.251. The molecular weight excluding hydrogens is 406 g/mol. The van der Waals surface area contributed by atoms with E-state index in [1.807, 2.05) is 25.1 Å². The fourth-order valence-electron chi connectivity index (χ4n) is 2.06. The summed E-state index contributed by atoms with van der Waals surface area (Å²) in [5.41, 5.74) is 2.57. The SMILES string of the molecule is Cc1ccc(NC(=O)NCc2ccc(S(=O)(=O)N(C)C)cc2)c(Br)c1. The maximum Gasteiger partial charge on any atom is 0.319 e. The Labute approximate surface area is 156 Å². The van der Waals surface area contributed by atoms with E-state index in [1.54, 1.807) is 12.1 Å². The van der Waals surface area contributed by atoms with E-state index in [9.17, 15) is 13.2 Å². The molecule has 0 saturated carbocycles. The van der Waals surface area contributed by atoms with Gasteiger partial charge in [0.2, 0.25) is 10.0 Å². The van der Waals surface area contributed by atoms with E-state index in [2.05, 4.69) is 26.6 Å². The van der Waals surface area contributed by atoms with Crippen molar-refractivity contribution in [2.24, 2.45) is 0 Å². The smallest absolute Gasteiger partial charge is 0.319 e. The number of sulfonamides is 1. The molecule has 0 fully saturated rings. The molecule has 0 aromatic heterocycles. The molecule has 0 spiro atoms. The molecule has 134 valence electrons. The predicted molar refractivity (Wildman–Crippen MR) is 102 cm³/mol. The van der Waals surface area contributed by atoms with Crippen molar-refractivity contribution < 1.29 is 13.2 Å². The largest absolute Gasteiger partial charge is 0.334 e. The van der Waals surface area contributed by atoms with E-state index in [0.29, 0.717) is 5.69 Å². The molecule has 0 atom stereocenters. The molecule has 8 heteroatoms. The summed E-state index contributed by atoms with van der Waals surface area (Å²) in [4.78, 5) is 12.2. The fourth-order valence-corrected chi connectivity index (χ4v) is 3.55. The number of aryl methyl sites for hydroxylation is 1. The maximum atomic E-state index is 12.0.